The topological polar surface area (TPSA) is 102 Å². The number of thioether (sulfide) groups is 1. The van der Waals surface area contributed by atoms with Gasteiger partial charge in [-0.15, -0.1) is 0 Å². The molecule has 2 aromatic rings. The SMILES string of the molecule is CCOC(=O)[C@@H](C)N1C(=O)S/C(=C\c2ccc(OCC(=O)Nc3ccccc3)c(Cl)c2)C1=O. The fraction of sp³-hybridized carbons (Fsp3) is 0.217. The first-order valence-electron chi connectivity index (χ1n) is 10.0. The van der Waals surface area contributed by atoms with Gasteiger partial charge in [0.15, 0.2) is 6.61 Å². The van der Waals surface area contributed by atoms with E-state index in [-0.39, 0.29) is 29.0 Å². The molecule has 0 radical (unpaired) electrons. The van der Waals surface area contributed by atoms with E-state index in [1.165, 1.54) is 13.0 Å². The third kappa shape index (κ3) is 6.15. The maximum Gasteiger partial charge on any atom is 0.329 e. The van der Waals surface area contributed by atoms with Crippen molar-refractivity contribution in [2.24, 2.45) is 0 Å². The zero-order chi connectivity index (χ0) is 24.0. The van der Waals surface area contributed by atoms with Gasteiger partial charge in [0.05, 0.1) is 16.5 Å². The molecule has 1 heterocycles. The van der Waals surface area contributed by atoms with Gasteiger partial charge in [-0.2, -0.15) is 0 Å². The van der Waals surface area contributed by atoms with Crippen molar-refractivity contribution in [1.82, 2.24) is 4.90 Å². The zero-order valence-electron chi connectivity index (χ0n) is 17.9. The van der Waals surface area contributed by atoms with Crippen molar-refractivity contribution in [2.75, 3.05) is 18.5 Å². The van der Waals surface area contributed by atoms with Crippen molar-refractivity contribution in [2.45, 2.75) is 19.9 Å². The number of nitrogens with zero attached hydrogens (tertiary/aromatic N) is 1. The van der Waals surface area contributed by atoms with E-state index in [0.717, 1.165) is 16.7 Å². The van der Waals surface area contributed by atoms with Crippen LogP contribution in [-0.2, 0) is 19.1 Å². The summed E-state index contributed by atoms with van der Waals surface area (Å²) in [6, 6.07) is 12.7. The van der Waals surface area contributed by atoms with E-state index in [0.29, 0.717) is 17.0 Å². The highest BCUT2D eigenvalue weighted by Crippen LogP contribution is 2.35. The summed E-state index contributed by atoms with van der Waals surface area (Å²) in [5, 5.41) is 2.38. The number of nitrogens with one attached hydrogen (secondary N) is 1. The van der Waals surface area contributed by atoms with Crippen molar-refractivity contribution in [1.29, 1.82) is 0 Å². The first-order valence-corrected chi connectivity index (χ1v) is 11.2. The molecule has 33 heavy (non-hydrogen) atoms. The summed E-state index contributed by atoms with van der Waals surface area (Å²) in [5.74, 6) is -1.28. The van der Waals surface area contributed by atoms with Crippen LogP contribution in [-0.4, -0.2) is 47.2 Å². The summed E-state index contributed by atoms with van der Waals surface area (Å²) in [4.78, 5) is 49.9. The average Bonchev–Trinajstić information content (AvgIpc) is 3.06. The molecule has 1 atom stereocenters. The van der Waals surface area contributed by atoms with Gasteiger partial charge in [0.25, 0.3) is 17.1 Å². The van der Waals surface area contributed by atoms with Gasteiger partial charge in [-0.25, -0.2) is 4.79 Å². The van der Waals surface area contributed by atoms with E-state index < -0.39 is 23.2 Å². The summed E-state index contributed by atoms with van der Waals surface area (Å²) in [6.07, 6.45) is 1.50. The van der Waals surface area contributed by atoms with Gasteiger partial charge in [-0.1, -0.05) is 35.9 Å². The third-order valence-corrected chi connectivity index (χ3v) is 5.69. The molecule has 0 aliphatic carbocycles. The summed E-state index contributed by atoms with van der Waals surface area (Å²) in [5.41, 5.74) is 1.20. The number of hydrogen-bond acceptors (Lipinski definition) is 7. The summed E-state index contributed by atoms with van der Waals surface area (Å²) in [6.45, 7) is 2.99. The molecule has 0 bridgehead atoms. The number of ether oxygens (including phenoxy) is 2. The number of benzene rings is 2. The molecule has 0 saturated carbocycles. The van der Waals surface area contributed by atoms with Crippen LogP contribution >= 0.6 is 23.4 Å². The largest absolute Gasteiger partial charge is 0.482 e. The monoisotopic (exact) mass is 488 g/mol. The van der Waals surface area contributed by atoms with Crippen LogP contribution in [0, 0.1) is 0 Å². The van der Waals surface area contributed by atoms with Crippen LogP contribution in [0.2, 0.25) is 5.02 Å². The number of halogens is 1. The Morgan fingerprint density at radius 3 is 2.58 bits per heavy atom. The quantitative estimate of drug-likeness (QED) is 0.435. The van der Waals surface area contributed by atoms with E-state index >= 15 is 0 Å². The molecule has 1 aliphatic rings. The highest BCUT2D eigenvalue weighted by Gasteiger charge is 2.41. The molecule has 172 valence electrons. The van der Waals surface area contributed by atoms with Crippen molar-refractivity contribution < 1.29 is 28.7 Å². The van der Waals surface area contributed by atoms with Crippen LogP contribution in [0.1, 0.15) is 19.4 Å². The first kappa shape index (κ1) is 24.3. The van der Waals surface area contributed by atoms with Crippen molar-refractivity contribution in [3.05, 3.63) is 64.0 Å². The average molecular weight is 489 g/mol. The highest BCUT2D eigenvalue weighted by atomic mass is 35.5. The van der Waals surface area contributed by atoms with Crippen LogP contribution in [0.15, 0.2) is 53.4 Å². The highest BCUT2D eigenvalue weighted by molar-refractivity contribution is 8.18. The lowest BCUT2D eigenvalue weighted by molar-refractivity contribution is -0.150. The van der Waals surface area contributed by atoms with Crippen LogP contribution in [0.5, 0.6) is 5.75 Å². The molecule has 1 aliphatic heterocycles. The summed E-state index contributed by atoms with van der Waals surface area (Å²) < 4.78 is 10.4. The van der Waals surface area contributed by atoms with Gasteiger partial charge in [-0.3, -0.25) is 19.3 Å². The third-order valence-electron chi connectivity index (χ3n) is 4.51. The van der Waals surface area contributed by atoms with E-state index in [4.69, 9.17) is 21.1 Å². The second-order valence-electron chi connectivity index (χ2n) is 6.87. The van der Waals surface area contributed by atoms with Crippen LogP contribution in [0.4, 0.5) is 10.5 Å². The molecule has 8 nitrogen and oxygen atoms in total. The molecule has 10 heteroatoms. The lowest BCUT2D eigenvalue weighted by atomic mass is 10.2. The number of amides is 3. The van der Waals surface area contributed by atoms with E-state index in [1.807, 2.05) is 6.07 Å². The molecule has 1 saturated heterocycles. The smallest absolute Gasteiger partial charge is 0.329 e. The fourth-order valence-corrected chi connectivity index (χ4v) is 4.07. The Labute approximate surface area is 199 Å². The number of carbonyl (C=O) groups is 4. The van der Waals surface area contributed by atoms with Gasteiger partial charge >= 0.3 is 5.97 Å². The first-order chi connectivity index (χ1) is 15.8. The molecular formula is C23H21ClN2O6S. The molecule has 1 N–H and O–H groups in total. The lowest BCUT2D eigenvalue weighted by Crippen LogP contribution is -2.42. The molecule has 0 aromatic heterocycles. The Morgan fingerprint density at radius 1 is 1.18 bits per heavy atom. The predicted molar refractivity (Wildman–Crippen MR) is 126 cm³/mol. The zero-order valence-corrected chi connectivity index (χ0v) is 19.4. The van der Waals surface area contributed by atoms with E-state index in [9.17, 15) is 19.2 Å². The van der Waals surface area contributed by atoms with Gasteiger partial charge in [0.2, 0.25) is 0 Å². The second-order valence-corrected chi connectivity index (χ2v) is 8.27. The Balaban J connectivity index is 1.64. The lowest BCUT2D eigenvalue weighted by Gasteiger charge is -2.19. The number of carbonyl (C=O) groups excluding carboxylic acids is 4. The Bertz CT molecular complexity index is 1110. The van der Waals surface area contributed by atoms with Gasteiger partial charge < -0.3 is 14.8 Å². The Morgan fingerprint density at radius 2 is 1.91 bits per heavy atom. The number of para-hydroxylation sites is 1. The fourth-order valence-electron chi connectivity index (χ4n) is 2.92. The Hall–Kier alpha value is -3.30. The van der Waals surface area contributed by atoms with Crippen molar-refractivity contribution >= 4 is 58.1 Å². The minimum absolute atomic E-state index is 0.149. The van der Waals surface area contributed by atoms with Gasteiger partial charge in [0, 0.05) is 5.69 Å². The Kier molecular flexibility index (Phi) is 8.13. The molecule has 0 spiro atoms. The van der Waals surface area contributed by atoms with E-state index in [2.05, 4.69) is 5.32 Å². The minimum Gasteiger partial charge on any atom is -0.482 e. The van der Waals surface area contributed by atoms with E-state index in [1.54, 1.807) is 49.4 Å². The number of esters is 1. The molecule has 2 aromatic carbocycles. The molecule has 3 amide bonds. The van der Waals surface area contributed by atoms with Crippen molar-refractivity contribution in [3.8, 4) is 5.75 Å². The number of hydrogen-bond donors (Lipinski definition) is 1. The van der Waals surface area contributed by atoms with Gasteiger partial charge in [-0.05, 0) is 61.5 Å². The standard InChI is InChI=1S/C23H21ClN2O6S/c1-3-31-22(29)14(2)26-21(28)19(33-23(26)30)12-15-9-10-18(17(24)11-15)32-13-20(27)25-16-7-5-4-6-8-16/h4-12,14H,3,13H2,1-2H3,(H,25,27)/b19-12-/t14-/m1/s1. The van der Waals surface area contributed by atoms with Gasteiger partial charge in [0.1, 0.15) is 11.8 Å². The predicted octanol–water partition coefficient (Wildman–Crippen LogP) is 4.35. The molecule has 0 unspecified atom stereocenters. The molecule has 3 rings (SSSR count). The number of imide groups is 1. The van der Waals surface area contributed by atoms with Crippen LogP contribution < -0.4 is 10.1 Å². The normalized spacial score (nSPS) is 15.5. The maximum atomic E-state index is 12.7. The van der Waals surface area contributed by atoms with Crippen LogP contribution in [0.3, 0.4) is 0 Å². The summed E-state index contributed by atoms with van der Waals surface area (Å²) in [7, 11) is 0. The molecular weight excluding hydrogens is 468 g/mol. The minimum atomic E-state index is -1.02. The van der Waals surface area contributed by atoms with Crippen molar-refractivity contribution in [3.63, 3.8) is 0 Å². The number of rotatable bonds is 8. The number of anilines is 1. The maximum absolute atomic E-state index is 12.7. The summed E-state index contributed by atoms with van der Waals surface area (Å²) >= 11 is 6.99. The molecule has 1 fully saturated rings. The second kappa shape index (κ2) is 11.0. The van der Waals surface area contributed by atoms with Crippen LogP contribution in [0.25, 0.3) is 6.08 Å².